The van der Waals surface area contributed by atoms with Gasteiger partial charge in [0.1, 0.15) is 15.6 Å². The second kappa shape index (κ2) is 6.13. The van der Waals surface area contributed by atoms with Crippen LogP contribution in [0.4, 0.5) is 0 Å². The summed E-state index contributed by atoms with van der Waals surface area (Å²) in [4.78, 5) is 4.03. The Balaban J connectivity index is 2.40. The standard InChI is InChI=1S/C12H17N3O3S2/c1-18-8-7-15(9-4-5-9)20(16,17)10-3-2-6-14-11(10)12(13)19/h2-3,6,9H,4-5,7-8H2,1H3,(H2,13,19). The number of hydrogen-bond acceptors (Lipinski definition) is 5. The lowest BCUT2D eigenvalue weighted by Gasteiger charge is -2.22. The van der Waals surface area contributed by atoms with Gasteiger partial charge in [-0.05, 0) is 25.0 Å². The fourth-order valence-electron chi connectivity index (χ4n) is 1.95. The predicted octanol–water partition coefficient (Wildman–Crippen LogP) is 0.515. The van der Waals surface area contributed by atoms with Gasteiger partial charge in [-0.15, -0.1) is 0 Å². The van der Waals surface area contributed by atoms with Crippen molar-refractivity contribution in [1.29, 1.82) is 0 Å². The lowest BCUT2D eigenvalue weighted by atomic mass is 10.3. The lowest BCUT2D eigenvalue weighted by molar-refractivity contribution is 0.177. The number of aromatic nitrogens is 1. The van der Waals surface area contributed by atoms with Crippen LogP contribution in [-0.4, -0.2) is 49.0 Å². The molecule has 20 heavy (non-hydrogen) atoms. The molecule has 0 aromatic carbocycles. The molecular formula is C12H17N3O3S2. The topological polar surface area (TPSA) is 85.5 Å². The van der Waals surface area contributed by atoms with Crippen LogP contribution in [0, 0.1) is 0 Å². The fourth-order valence-corrected chi connectivity index (χ4v) is 4.01. The van der Waals surface area contributed by atoms with Gasteiger partial charge in [0.2, 0.25) is 10.0 Å². The van der Waals surface area contributed by atoms with Crippen molar-refractivity contribution in [2.75, 3.05) is 20.3 Å². The molecule has 1 aliphatic rings. The summed E-state index contributed by atoms with van der Waals surface area (Å²) in [6.45, 7) is 0.660. The summed E-state index contributed by atoms with van der Waals surface area (Å²) >= 11 is 4.88. The zero-order chi connectivity index (χ0) is 14.8. The van der Waals surface area contributed by atoms with Gasteiger partial charge in [0.25, 0.3) is 0 Å². The first-order valence-corrected chi connectivity index (χ1v) is 8.09. The third-order valence-corrected chi connectivity index (χ3v) is 5.24. The monoisotopic (exact) mass is 315 g/mol. The van der Waals surface area contributed by atoms with Crippen LogP contribution in [0.5, 0.6) is 0 Å². The molecule has 8 heteroatoms. The molecule has 6 nitrogen and oxygen atoms in total. The summed E-state index contributed by atoms with van der Waals surface area (Å²) in [5.41, 5.74) is 5.71. The van der Waals surface area contributed by atoms with Crippen LogP contribution in [0.15, 0.2) is 23.2 Å². The Morgan fingerprint density at radius 2 is 2.30 bits per heavy atom. The second-order valence-electron chi connectivity index (χ2n) is 4.55. The fraction of sp³-hybridized carbons (Fsp3) is 0.500. The van der Waals surface area contributed by atoms with Crippen molar-refractivity contribution in [3.05, 3.63) is 24.0 Å². The summed E-state index contributed by atoms with van der Waals surface area (Å²) in [5.74, 6) is 0. The highest BCUT2D eigenvalue weighted by Crippen LogP contribution is 2.32. The van der Waals surface area contributed by atoms with Gasteiger partial charge in [0.05, 0.1) is 6.61 Å². The average molecular weight is 315 g/mol. The number of methoxy groups -OCH3 is 1. The SMILES string of the molecule is COCCN(C1CC1)S(=O)(=O)c1cccnc1C(N)=S. The number of sulfonamides is 1. The summed E-state index contributed by atoms with van der Waals surface area (Å²) in [6.07, 6.45) is 3.21. The summed E-state index contributed by atoms with van der Waals surface area (Å²) < 4.78 is 32.0. The van der Waals surface area contributed by atoms with E-state index in [2.05, 4.69) is 4.98 Å². The first-order valence-electron chi connectivity index (χ1n) is 6.24. The van der Waals surface area contributed by atoms with E-state index < -0.39 is 10.0 Å². The molecule has 1 heterocycles. The van der Waals surface area contributed by atoms with Crippen molar-refractivity contribution < 1.29 is 13.2 Å². The molecule has 1 aromatic heterocycles. The quantitative estimate of drug-likeness (QED) is 0.738. The highest BCUT2D eigenvalue weighted by atomic mass is 32.2. The normalized spacial score (nSPS) is 15.5. The number of ether oxygens (including phenoxy) is 1. The molecule has 1 aliphatic carbocycles. The van der Waals surface area contributed by atoms with Crippen LogP contribution in [-0.2, 0) is 14.8 Å². The van der Waals surface area contributed by atoms with Gasteiger partial charge in [0, 0.05) is 25.9 Å². The highest BCUT2D eigenvalue weighted by Gasteiger charge is 2.39. The van der Waals surface area contributed by atoms with Gasteiger partial charge in [-0.25, -0.2) is 8.42 Å². The summed E-state index contributed by atoms with van der Waals surface area (Å²) in [6, 6.07) is 3.09. The Hall–Kier alpha value is -1.09. The molecule has 1 fully saturated rings. The maximum Gasteiger partial charge on any atom is 0.245 e. The zero-order valence-corrected chi connectivity index (χ0v) is 12.8. The van der Waals surface area contributed by atoms with Gasteiger partial charge in [-0.1, -0.05) is 12.2 Å². The largest absolute Gasteiger partial charge is 0.388 e. The van der Waals surface area contributed by atoms with E-state index in [9.17, 15) is 8.42 Å². The lowest BCUT2D eigenvalue weighted by Crippen LogP contribution is -2.37. The number of thiocarbonyl (C=S) groups is 1. The minimum Gasteiger partial charge on any atom is -0.388 e. The third-order valence-electron chi connectivity index (χ3n) is 3.06. The van der Waals surface area contributed by atoms with Crippen molar-refractivity contribution in [3.63, 3.8) is 0 Å². The van der Waals surface area contributed by atoms with Crippen LogP contribution in [0.3, 0.4) is 0 Å². The maximum atomic E-state index is 12.8. The number of rotatable bonds is 7. The Bertz CT molecular complexity index is 600. The minimum absolute atomic E-state index is 0.0216. The molecule has 0 saturated heterocycles. The first kappa shape index (κ1) is 15.3. The van der Waals surface area contributed by atoms with E-state index in [4.69, 9.17) is 22.7 Å². The summed E-state index contributed by atoms with van der Waals surface area (Å²) in [5, 5.41) is 0. The van der Waals surface area contributed by atoms with E-state index >= 15 is 0 Å². The molecule has 0 aliphatic heterocycles. The Labute approximate surface area is 124 Å². The molecule has 110 valence electrons. The van der Waals surface area contributed by atoms with Gasteiger partial charge >= 0.3 is 0 Å². The van der Waals surface area contributed by atoms with Crippen molar-refractivity contribution in [1.82, 2.24) is 9.29 Å². The van der Waals surface area contributed by atoms with Crippen LogP contribution in [0.2, 0.25) is 0 Å². The molecule has 0 spiro atoms. The Morgan fingerprint density at radius 1 is 1.60 bits per heavy atom. The average Bonchev–Trinajstić information content (AvgIpc) is 3.23. The van der Waals surface area contributed by atoms with E-state index in [1.165, 1.54) is 16.6 Å². The van der Waals surface area contributed by atoms with E-state index in [0.29, 0.717) is 13.2 Å². The zero-order valence-electron chi connectivity index (χ0n) is 11.2. The molecule has 0 amide bonds. The Kier molecular flexibility index (Phi) is 4.69. The van der Waals surface area contributed by atoms with Crippen LogP contribution in [0.1, 0.15) is 18.5 Å². The molecule has 1 saturated carbocycles. The molecule has 0 bridgehead atoms. The van der Waals surface area contributed by atoms with Crippen molar-refractivity contribution in [2.45, 2.75) is 23.8 Å². The van der Waals surface area contributed by atoms with E-state index in [1.807, 2.05) is 0 Å². The second-order valence-corrected chi connectivity index (χ2v) is 6.85. The van der Waals surface area contributed by atoms with E-state index in [-0.39, 0.29) is 21.6 Å². The minimum atomic E-state index is -3.66. The molecular weight excluding hydrogens is 298 g/mol. The highest BCUT2D eigenvalue weighted by molar-refractivity contribution is 7.89. The van der Waals surface area contributed by atoms with E-state index in [1.54, 1.807) is 13.2 Å². The molecule has 2 N–H and O–H groups in total. The summed E-state index contributed by atoms with van der Waals surface area (Å²) in [7, 11) is -2.12. The number of nitrogens with two attached hydrogens (primary N) is 1. The van der Waals surface area contributed by atoms with Crippen molar-refractivity contribution in [2.24, 2.45) is 5.73 Å². The Morgan fingerprint density at radius 3 is 2.85 bits per heavy atom. The van der Waals surface area contributed by atoms with Crippen LogP contribution < -0.4 is 5.73 Å². The first-order chi connectivity index (χ1) is 9.48. The van der Waals surface area contributed by atoms with Gasteiger partial charge in [-0.3, -0.25) is 4.98 Å². The van der Waals surface area contributed by atoms with Crippen molar-refractivity contribution in [3.8, 4) is 0 Å². The van der Waals surface area contributed by atoms with Gasteiger partial charge in [-0.2, -0.15) is 4.31 Å². The van der Waals surface area contributed by atoms with Gasteiger partial charge < -0.3 is 10.5 Å². The smallest absolute Gasteiger partial charge is 0.245 e. The maximum absolute atomic E-state index is 12.8. The van der Waals surface area contributed by atoms with Crippen LogP contribution in [0.25, 0.3) is 0 Å². The molecule has 0 unspecified atom stereocenters. The van der Waals surface area contributed by atoms with E-state index in [0.717, 1.165) is 12.8 Å². The molecule has 0 radical (unpaired) electrons. The molecule has 1 aromatic rings. The van der Waals surface area contributed by atoms with Gasteiger partial charge in [0.15, 0.2) is 0 Å². The predicted molar refractivity (Wildman–Crippen MR) is 78.9 cm³/mol. The molecule has 2 rings (SSSR count). The number of pyridine rings is 1. The van der Waals surface area contributed by atoms with Crippen LogP contribution >= 0.6 is 12.2 Å². The third kappa shape index (κ3) is 3.14. The number of nitrogens with zero attached hydrogens (tertiary/aromatic N) is 2. The molecule has 0 atom stereocenters. The number of hydrogen-bond donors (Lipinski definition) is 1. The van der Waals surface area contributed by atoms with Crippen molar-refractivity contribution >= 4 is 27.2 Å².